The quantitative estimate of drug-likeness (QED) is 0.653. The van der Waals surface area contributed by atoms with Crippen LogP contribution in [0.5, 0.6) is 0 Å². The third-order valence-corrected chi connectivity index (χ3v) is 4.78. The molecule has 132 valence electrons. The first-order valence-electron chi connectivity index (χ1n) is 7.98. The first-order chi connectivity index (χ1) is 12.3. The summed E-state index contributed by atoms with van der Waals surface area (Å²) in [5.74, 6) is -0.358. The number of aryl methyl sites for hydroxylation is 1. The molecule has 1 heterocycles. The van der Waals surface area contributed by atoms with Crippen LogP contribution in [-0.4, -0.2) is 14.9 Å². The number of aliphatic hydroxyl groups is 1. The van der Waals surface area contributed by atoms with E-state index in [-0.39, 0.29) is 5.82 Å². The van der Waals surface area contributed by atoms with E-state index in [9.17, 15) is 9.50 Å². The Morgan fingerprint density at radius 2 is 1.85 bits per heavy atom. The Kier molecular flexibility index (Phi) is 4.57. The van der Waals surface area contributed by atoms with Crippen molar-refractivity contribution in [3.63, 3.8) is 0 Å². The predicted octanol–water partition coefficient (Wildman–Crippen LogP) is 5.09. The van der Waals surface area contributed by atoms with Gasteiger partial charge in [0.25, 0.3) is 0 Å². The molecule has 0 aliphatic rings. The van der Waals surface area contributed by atoms with Crippen molar-refractivity contribution in [2.75, 3.05) is 0 Å². The van der Waals surface area contributed by atoms with Gasteiger partial charge in [0, 0.05) is 16.3 Å². The summed E-state index contributed by atoms with van der Waals surface area (Å²) in [7, 11) is 0. The fraction of sp³-hybridized carbons (Fsp3) is 0.200. The summed E-state index contributed by atoms with van der Waals surface area (Å²) in [5.41, 5.74) is 2.35. The zero-order valence-corrected chi connectivity index (χ0v) is 15.3. The summed E-state index contributed by atoms with van der Waals surface area (Å²) in [6.45, 7) is 12.4. The van der Waals surface area contributed by atoms with Crippen molar-refractivity contribution in [1.29, 1.82) is 0 Å². The van der Waals surface area contributed by atoms with Crippen molar-refractivity contribution in [1.82, 2.24) is 9.78 Å². The molecule has 0 fully saturated rings. The third-order valence-electron chi connectivity index (χ3n) is 4.48. The lowest BCUT2D eigenvalue weighted by molar-refractivity contribution is 0.101. The van der Waals surface area contributed by atoms with Crippen molar-refractivity contribution in [3.8, 4) is 5.69 Å². The van der Waals surface area contributed by atoms with E-state index in [4.69, 9.17) is 18.2 Å². The zero-order chi connectivity index (χ0) is 19.1. The van der Waals surface area contributed by atoms with Gasteiger partial charge in [-0.15, -0.1) is 0 Å². The normalized spacial score (nSPS) is 13.3. The lowest BCUT2D eigenvalue weighted by Crippen LogP contribution is -2.24. The molecule has 0 aliphatic carbocycles. The number of hydrogen-bond donors (Lipinski definition) is 1. The van der Waals surface area contributed by atoms with Gasteiger partial charge in [0.15, 0.2) is 0 Å². The predicted molar refractivity (Wildman–Crippen MR) is 99.4 cm³/mol. The van der Waals surface area contributed by atoms with Crippen LogP contribution in [0.25, 0.3) is 10.5 Å². The Morgan fingerprint density at radius 1 is 1.19 bits per heavy atom. The SMILES string of the molecule is [C-]#[N+]c1ccc(-n2nc(C)c(C(C)(O)c3ccc(F)cc3)c2C)cc1Cl. The lowest BCUT2D eigenvalue weighted by atomic mass is 9.87. The maximum absolute atomic E-state index is 13.2. The molecule has 0 saturated carbocycles. The molecule has 0 aliphatic heterocycles. The highest BCUT2D eigenvalue weighted by atomic mass is 35.5. The van der Waals surface area contributed by atoms with Gasteiger partial charge in [-0.25, -0.2) is 13.9 Å². The van der Waals surface area contributed by atoms with E-state index >= 15 is 0 Å². The maximum atomic E-state index is 13.2. The van der Waals surface area contributed by atoms with Crippen molar-refractivity contribution in [3.05, 3.63) is 87.2 Å². The summed E-state index contributed by atoms with van der Waals surface area (Å²) in [5, 5.41) is 16.0. The van der Waals surface area contributed by atoms with Crippen LogP contribution < -0.4 is 0 Å². The zero-order valence-electron chi connectivity index (χ0n) is 14.6. The highest BCUT2D eigenvalue weighted by Gasteiger charge is 2.32. The van der Waals surface area contributed by atoms with E-state index in [2.05, 4.69) is 9.94 Å². The number of aromatic nitrogens is 2. The largest absolute Gasteiger partial charge is 0.381 e. The van der Waals surface area contributed by atoms with Gasteiger partial charge in [-0.05, 0) is 50.6 Å². The molecule has 26 heavy (non-hydrogen) atoms. The van der Waals surface area contributed by atoms with Crippen LogP contribution in [0, 0.1) is 26.2 Å². The second-order valence-electron chi connectivity index (χ2n) is 6.28. The third kappa shape index (κ3) is 2.98. The minimum Gasteiger partial charge on any atom is -0.381 e. The van der Waals surface area contributed by atoms with Crippen molar-refractivity contribution >= 4 is 17.3 Å². The highest BCUT2D eigenvalue weighted by Crippen LogP contribution is 2.35. The summed E-state index contributed by atoms with van der Waals surface area (Å²) >= 11 is 6.14. The number of hydrogen-bond acceptors (Lipinski definition) is 2. The summed E-state index contributed by atoms with van der Waals surface area (Å²) < 4.78 is 14.9. The molecule has 1 N–H and O–H groups in total. The Labute approximate surface area is 156 Å². The minimum atomic E-state index is -1.33. The average molecular weight is 370 g/mol. The molecule has 4 nitrogen and oxygen atoms in total. The van der Waals surface area contributed by atoms with Crippen LogP contribution in [0.3, 0.4) is 0 Å². The van der Waals surface area contributed by atoms with E-state index in [0.29, 0.717) is 33.2 Å². The molecule has 1 atom stereocenters. The fourth-order valence-corrected chi connectivity index (χ4v) is 3.45. The topological polar surface area (TPSA) is 42.4 Å². The van der Waals surface area contributed by atoms with Crippen LogP contribution in [0.1, 0.15) is 29.4 Å². The molecular formula is C20H17ClFN3O. The summed E-state index contributed by atoms with van der Waals surface area (Å²) in [6, 6.07) is 10.8. The van der Waals surface area contributed by atoms with Gasteiger partial charge in [0.05, 0.1) is 18.0 Å². The van der Waals surface area contributed by atoms with Gasteiger partial charge < -0.3 is 5.11 Å². The number of benzene rings is 2. The van der Waals surface area contributed by atoms with Crippen LogP contribution in [0.4, 0.5) is 10.1 Å². The molecule has 0 spiro atoms. The number of nitrogens with zero attached hydrogens (tertiary/aromatic N) is 3. The van der Waals surface area contributed by atoms with Gasteiger partial charge in [0.2, 0.25) is 5.69 Å². The van der Waals surface area contributed by atoms with Crippen LogP contribution in [0.2, 0.25) is 5.02 Å². The van der Waals surface area contributed by atoms with E-state index in [0.717, 1.165) is 5.69 Å². The van der Waals surface area contributed by atoms with E-state index in [1.165, 1.54) is 12.1 Å². The second kappa shape index (κ2) is 6.56. The van der Waals surface area contributed by atoms with Crippen molar-refractivity contribution in [2.45, 2.75) is 26.4 Å². The molecule has 2 aromatic carbocycles. The first-order valence-corrected chi connectivity index (χ1v) is 8.36. The van der Waals surface area contributed by atoms with E-state index < -0.39 is 5.60 Å². The minimum absolute atomic E-state index is 0.344. The molecule has 3 rings (SSSR count). The van der Waals surface area contributed by atoms with Gasteiger partial charge in [0.1, 0.15) is 11.4 Å². The van der Waals surface area contributed by atoms with E-state index in [1.807, 2.05) is 13.8 Å². The van der Waals surface area contributed by atoms with Crippen LogP contribution >= 0.6 is 11.6 Å². The number of rotatable bonds is 3. The van der Waals surface area contributed by atoms with Gasteiger partial charge in [-0.1, -0.05) is 29.8 Å². The fourth-order valence-electron chi connectivity index (χ4n) is 3.24. The molecule has 0 saturated heterocycles. The molecule has 6 heteroatoms. The highest BCUT2D eigenvalue weighted by molar-refractivity contribution is 6.33. The Morgan fingerprint density at radius 3 is 2.42 bits per heavy atom. The summed E-state index contributed by atoms with van der Waals surface area (Å²) in [4.78, 5) is 3.35. The van der Waals surface area contributed by atoms with Gasteiger partial charge in [-0.2, -0.15) is 5.10 Å². The summed E-state index contributed by atoms with van der Waals surface area (Å²) in [6.07, 6.45) is 0. The second-order valence-corrected chi connectivity index (χ2v) is 6.69. The standard InChI is InChI=1S/C20H17ClFN3O/c1-12-19(20(3,26)14-5-7-15(22)8-6-14)13(2)25(24-12)16-9-10-18(23-4)17(21)11-16/h5-11,26H,1-3H3. The maximum Gasteiger partial charge on any atom is 0.205 e. The van der Waals surface area contributed by atoms with Crippen molar-refractivity contribution < 1.29 is 9.50 Å². The Hall–Kier alpha value is -2.68. The molecule has 3 aromatic rings. The Bertz CT molecular complexity index is 1020. The lowest BCUT2D eigenvalue weighted by Gasteiger charge is -2.25. The monoisotopic (exact) mass is 369 g/mol. The Balaban J connectivity index is 2.13. The molecular weight excluding hydrogens is 353 g/mol. The van der Waals surface area contributed by atoms with Gasteiger partial charge >= 0.3 is 0 Å². The van der Waals surface area contributed by atoms with Crippen LogP contribution in [0.15, 0.2) is 42.5 Å². The molecule has 0 bridgehead atoms. The van der Waals surface area contributed by atoms with Crippen molar-refractivity contribution in [2.24, 2.45) is 0 Å². The van der Waals surface area contributed by atoms with Crippen LogP contribution in [-0.2, 0) is 5.60 Å². The molecule has 0 amide bonds. The molecule has 1 unspecified atom stereocenters. The first kappa shape index (κ1) is 18.1. The number of halogens is 2. The average Bonchev–Trinajstić information content (AvgIpc) is 2.90. The smallest absolute Gasteiger partial charge is 0.205 e. The molecule has 0 radical (unpaired) electrons. The van der Waals surface area contributed by atoms with E-state index in [1.54, 1.807) is 41.9 Å². The van der Waals surface area contributed by atoms with Gasteiger partial charge in [-0.3, -0.25) is 0 Å². The molecule has 1 aromatic heterocycles.